The summed E-state index contributed by atoms with van der Waals surface area (Å²) in [5.41, 5.74) is 1.21. The summed E-state index contributed by atoms with van der Waals surface area (Å²) in [6, 6.07) is 0. The van der Waals surface area contributed by atoms with Crippen molar-refractivity contribution >= 4 is 23.1 Å². The van der Waals surface area contributed by atoms with E-state index in [0.29, 0.717) is 0 Å². The number of thioether (sulfide) groups is 1. The van der Waals surface area contributed by atoms with Crippen molar-refractivity contribution in [2.45, 2.75) is 4.34 Å². The molecule has 0 unspecified atom stereocenters. The monoisotopic (exact) mass is 200 g/mol. The SMILES string of the molecule is C=C(CNC)CSc1nccs1. The highest BCUT2D eigenvalue weighted by Crippen LogP contribution is 2.21. The van der Waals surface area contributed by atoms with Crippen molar-refractivity contribution in [3.63, 3.8) is 0 Å². The molecular weight excluding hydrogens is 188 g/mol. The molecule has 1 N–H and O–H groups in total. The Kier molecular flexibility index (Phi) is 4.35. The summed E-state index contributed by atoms with van der Waals surface area (Å²) in [5.74, 6) is 0.953. The van der Waals surface area contributed by atoms with Crippen LogP contribution in [0.2, 0.25) is 0 Å². The van der Waals surface area contributed by atoms with Crippen LogP contribution in [0, 0.1) is 0 Å². The first kappa shape index (κ1) is 9.77. The molecule has 0 aliphatic heterocycles. The number of nitrogens with zero attached hydrogens (tertiary/aromatic N) is 1. The first-order chi connectivity index (χ1) is 5.83. The maximum absolute atomic E-state index is 4.17. The number of thiazole rings is 1. The van der Waals surface area contributed by atoms with Crippen LogP contribution in [0.1, 0.15) is 0 Å². The Morgan fingerprint density at radius 2 is 2.67 bits per heavy atom. The van der Waals surface area contributed by atoms with Gasteiger partial charge in [-0.15, -0.1) is 11.3 Å². The van der Waals surface area contributed by atoms with Gasteiger partial charge in [0.25, 0.3) is 0 Å². The number of rotatable bonds is 5. The predicted octanol–water partition coefficient (Wildman–Crippen LogP) is 2.01. The van der Waals surface area contributed by atoms with Gasteiger partial charge in [0.15, 0.2) is 0 Å². The molecule has 0 bridgehead atoms. The minimum Gasteiger partial charge on any atom is -0.316 e. The summed E-state index contributed by atoms with van der Waals surface area (Å²) in [6.45, 7) is 4.82. The molecule has 1 aromatic heterocycles. The lowest BCUT2D eigenvalue weighted by Gasteiger charge is -2.01. The normalized spacial score (nSPS) is 10.1. The van der Waals surface area contributed by atoms with Gasteiger partial charge in [-0.3, -0.25) is 0 Å². The maximum atomic E-state index is 4.17. The van der Waals surface area contributed by atoms with Gasteiger partial charge in [-0.05, 0) is 7.05 Å². The van der Waals surface area contributed by atoms with Crippen LogP contribution in [0.5, 0.6) is 0 Å². The molecule has 0 fully saturated rings. The van der Waals surface area contributed by atoms with Crippen molar-refractivity contribution < 1.29 is 0 Å². The summed E-state index contributed by atoms with van der Waals surface area (Å²) in [6.07, 6.45) is 1.83. The minimum atomic E-state index is 0.887. The highest BCUT2D eigenvalue weighted by atomic mass is 32.2. The van der Waals surface area contributed by atoms with Gasteiger partial charge in [0.2, 0.25) is 0 Å². The molecule has 0 amide bonds. The lowest BCUT2D eigenvalue weighted by atomic mass is 10.3. The Morgan fingerprint density at radius 3 is 3.25 bits per heavy atom. The van der Waals surface area contributed by atoms with Crippen LogP contribution in [-0.2, 0) is 0 Å². The van der Waals surface area contributed by atoms with E-state index < -0.39 is 0 Å². The standard InChI is InChI=1S/C8H12N2S2/c1-7(5-9-2)6-12-8-10-3-4-11-8/h3-4,9H,1,5-6H2,2H3. The Labute approximate surface area is 81.1 Å². The molecule has 2 nitrogen and oxygen atoms in total. The lowest BCUT2D eigenvalue weighted by molar-refractivity contribution is 0.885. The van der Waals surface area contributed by atoms with E-state index in [1.165, 1.54) is 5.57 Å². The second kappa shape index (κ2) is 5.35. The van der Waals surface area contributed by atoms with Gasteiger partial charge in [0, 0.05) is 23.9 Å². The van der Waals surface area contributed by atoms with Crippen LogP contribution in [0.15, 0.2) is 28.1 Å². The Balaban J connectivity index is 2.22. The van der Waals surface area contributed by atoms with E-state index >= 15 is 0 Å². The summed E-state index contributed by atoms with van der Waals surface area (Å²) >= 11 is 3.42. The fourth-order valence-electron chi connectivity index (χ4n) is 0.746. The van der Waals surface area contributed by atoms with Crippen molar-refractivity contribution in [3.05, 3.63) is 23.7 Å². The summed E-state index contributed by atoms with van der Waals surface area (Å²) in [7, 11) is 1.93. The molecule has 1 heterocycles. The maximum Gasteiger partial charge on any atom is 0.150 e. The zero-order chi connectivity index (χ0) is 8.81. The highest BCUT2D eigenvalue weighted by molar-refractivity contribution is 8.01. The Hall–Kier alpha value is -0.320. The fraction of sp³-hybridized carbons (Fsp3) is 0.375. The number of nitrogens with one attached hydrogen (secondary N) is 1. The fourth-order valence-corrected chi connectivity index (χ4v) is 2.29. The molecule has 4 heteroatoms. The van der Waals surface area contributed by atoms with E-state index in [-0.39, 0.29) is 0 Å². The number of aromatic nitrogens is 1. The van der Waals surface area contributed by atoms with Gasteiger partial charge in [0.1, 0.15) is 4.34 Å². The van der Waals surface area contributed by atoms with E-state index in [1.54, 1.807) is 23.1 Å². The first-order valence-electron chi connectivity index (χ1n) is 3.66. The molecule has 0 aliphatic rings. The Morgan fingerprint density at radius 1 is 1.83 bits per heavy atom. The van der Waals surface area contributed by atoms with Crippen LogP contribution >= 0.6 is 23.1 Å². The molecule has 0 saturated carbocycles. The molecule has 0 radical (unpaired) electrons. The highest BCUT2D eigenvalue weighted by Gasteiger charge is 1.97. The lowest BCUT2D eigenvalue weighted by Crippen LogP contribution is -2.10. The van der Waals surface area contributed by atoms with Gasteiger partial charge < -0.3 is 5.32 Å². The van der Waals surface area contributed by atoms with Gasteiger partial charge in [-0.25, -0.2) is 4.98 Å². The molecular formula is C8H12N2S2. The van der Waals surface area contributed by atoms with Crippen LogP contribution < -0.4 is 5.32 Å². The molecule has 12 heavy (non-hydrogen) atoms. The molecule has 0 saturated heterocycles. The van der Waals surface area contributed by atoms with Crippen LogP contribution in [-0.4, -0.2) is 24.3 Å². The third-order valence-electron chi connectivity index (χ3n) is 1.24. The van der Waals surface area contributed by atoms with Gasteiger partial charge >= 0.3 is 0 Å². The zero-order valence-corrected chi connectivity index (χ0v) is 8.67. The predicted molar refractivity (Wildman–Crippen MR) is 55.9 cm³/mol. The van der Waals surface area contributed by atoms with Crippen molar-refractivity contribution in [1.29, 1.82) is 0 Å². The summed E-state index contributed by atoms with van der Waals surface area (Å²) < 4.78 is 1.12. The molecule has 0 atom stereocenters. The number of hydrogen-bond donors (Lipinski definition) is 1. The minimum absolute atomic E-state index is 0.887. The molecule has 1 aromatic rings. The van der Waals surface area contributed by atoms with Gasteiger partial charge in [0.05, 0.1) is 0 Å². The number of hydrogen-bond acceptors (Lipinski definition) is 4. The van der Waals surface area contributed by atoms with E-state index in [2.05, 4.69) is 16.9 Å². The number of likely N-dealkylation sites (N-methyl/N-ethyl adjacent to an activating group) is 1. The average Bonchev–Trinajstić information content (AvgIpc) is 2.53. The second-order valence-electron chi connectivity index (χ2n) is 2.37. The zero-order valence-electron chi connectivity index (χ0n) is 7.04. The van der Waals surface area contributed by atoms with Gasteiger partial charge in [-0.1, -0.05) is 23.9 Å². The second-order valence-corrected chi connectivity index (χ2v) is 4.48. The molecule has 0 aliphatic carbocycles. The molecule has 66 valence electrons. The quantitative estimate of drug-likeness (QED) is 0.581. The van der Waals surface area contributed by atoms with Gasteiger partial charge in [-0.2, -0.15) is 0 Å². The summed E-state index contributed by atoms with van der Waals surface area (Å²) in [4.78, 5) is 4.17. The molecule has 0 spiro atoms. The molecule has 1 rings (SSSR count). The van der Waals surface area contributed by atoms with Crippen LogP contribution in [0.4, 0.5) is 0 Å². The van der Waals surface area contributed by atoms with E-state index in [4.69, 9.17) is 0 Å². The van der Waals surface area contributed by atoms with Crippen molar-refractivity contribution in [3.8, 4) is 0 Å². The molecule has 0 aromatic carbocycles. The third-order valence-corrected chi connectivity index (χ3v) is 3.35. The summed E-state index contributed by atoms with van der Waals surface area (Å²) in [5, 5.41) is 5.06. The Bertz CT molecular complexity index is 231. The van der Waals surface area contributed by atoms with Crippen molar-refractivity contribution in [2.24, 2.45) is 0 Å². The topological polar surface area (TPSA) is 24.9 Å². The van der Waals surface area contributed by atoms with E-state index in [1.807, 2.05) is 18.6 Å². The van der Waals surface area contributed by atoms with Crippen LogP contribution in [0.25, 0.3) is 0 Å². The van der Waals surface area contributed by atoms with Crippen molar-refractivity contribution in [2.75, 3.05) is 19.3 Å². The largest absolute Gasteiger partial charge is 0.316 e. The third kappa shape index (κ3) is 3.38. The first-order valence-corrected chi connectivity index (χ1v) is 5.53. The van der Waals surface area contributed by atoms with Crippen LogP contribution in [0.3, 0.4) is 0 Å². The average molecular weight is 200 g/mol. The van der Waals surface area contributed by atoms with E-state index in [9.17, 15) is 0 Å². The van der Waals surface area contributed by atoms with Crippen molar-refractivity contribution in [1.82, 2.24) is 10.3 Å². The smallest absolute Gasteiger partial charge is 0.150 e. The van der Waals surface area contributed by atoms with E-state index in [0.717, 1.165) is 16.6 Å².